The first-order valence-electron chi connectivity index (χ1n) is 7.78. The van der Waals surface area contributed by atoms with Gasteiger partial charge in [0.25, 0.3) is 0 Å². The topological polar surface area (TPSA) is 47.6 Å². The summed E-state index contributed by atoms with van der Waals surface area (Å²) in [5, 5.41) is 19.5. The molecule has 0 fully saturated rings. The molecule has 0 spiro atoms. The zero-order valence-electron chi connectivity index (χ0n) is 15.1. The van der Waals surface area contributed by atoms with E-state index in [0.717, 1.165) is 15.4 Å². The first-order chi connectivity index (χ1) is 13.5. The molecule has 2 aromatic carbocycles. The number of allylic oxidation sites excluding steroid dienone is 1. The van der Waals surface area contributed by atoms with Crippen LogP contribution in [0, 0.1) is 22.7 Å². The van der Waals surface area contributed by atoms with E-state index in [0.29, 0.717) is 15.8 Å². The molecule has 0 bridgehead atoms. The van der Waals surface area contributed by atoms with E-state index in [1.165, 1.54) is 0 Å². The van der Waals surface area contributed by atoms with E-state index in [1.54, 1.807) is 0 Å². The Labute approximate surface area is 181 Å². The monoisotopic (exact) mass is 504 g/mol. The molecule has 0 saturated carbocycles. The van der Waals surface area contributed by atoms with Crippen molar-refractivity contribution in [3.05, 3.63) is 69.7 Å². The second kappa shape index (κ2) is 9.08. The number of hydrogen-bond donors (Lipinski definition) is 0. The van der Waals surface area contributed by atoms with Crippen LogP contribution in [0.15, 0.2) is 69.5 Å². The molecule has 0 aromatic heterocycles. The molecule has 0 saturated heterocycles. The molecule has 12 heteroatoms. The zero-order chi connectivity index (χ0) is 23.2. The summed E-state index contributed by atoms with van der Waals surface area (Å²) in [5.74, 6) is 0.611. The van der Waals surface area contributed by atoms with Crippen LogP contribution in [0.1, 0.15) is 6.92 Å². The van der Waals surface area contributed by atoms with Crippen LogP contribution < -0.4 is 0 Å². The molecule has 0 atom stereocenters. The summed E-state index contributed by atoms with van der Waals surface area (Å²) >= 11 is 11.9. The van der Waals surface area contributed by atoms with Gasteiger partial charge in [0.05, 0.1) is 10.9 Å². The predicted molar refractivity (Wildman–Crippen MR) is 109 cm³/mol. The van der Waals surface area contributed by atoms with Crippen molar-refractivity contribution in [2.45, 2.75) is 16.7 Å². The van der Waals surface area contributed by atoms with Gasteiger partial charge >= 0.3 is 33.0 Å². The van der Waals surface area contributed by atoms with Crippen LogP contribution in [0.5, 0.6) is 0 Å². The van der Waals surface area contributed by atoms with E-state index < -0.39 is 7.81 Å². The molecule has 0 amide bonds. The van der Waals surface area contributed by atoms with Gasteiger partial charge in [-0.3, -0.25) is 0 Å². The van der Waals surface area contributed by atoms with Crippen molar-refractivity contribution >= 4 is 41.9 Å². The van der Waals surface area contributed by atoms with Gasteiger partial charge in [-0.1, -0.05) is 23.2 Å². The first-order valence-corrected chi connectivity index (χ1v) is 12.0. The van der Waals surface area contributed by atoms with E-state index in [-0.39, 0.29) is 16.5 Å². The Morgan fingerprint density at radius 1 is 0.800 bits per heavy atom. The number of hydrogen-bond acceptors (Lipinski definition) is 2. The van der Waals surface area contributed by atoms with Crippen molar-refractivity contribution in [1.29, 1.82) is 10.5 Å². The molecule has 0 heterocycles. The van der Waals surface area contributed by atoms with Crippen LogP contribution in [0.3, 0.4) is 0 Å². The molecule has 0 N–H and O–H groups in total. The van der Waals surface area contributed by atoms with Crippen molar-refractivity contribution < 1.29 is 25.2 Å². The maximum absolute atomic E-state index is 10.7. The van der Waals surface area contributed by atoms with Crippen LogP contribution in [-0.4, -0.2) is 5.75 Å². The fourth-order valence-electron chi connectivity index (χ4n) is 2.01. The molecule has 162 valence electrons. The summed E-state index contributed by atoms with van der Waals surface area (Å²) in [6.07, 6.45) is 0. The summed E-state index contributed by atoms with van der Waals surface area (Å²) in [5.41, 5.74) is 0.952. The predicted octanol–water partition coefficient (Wildman–Crippen LogP) is 8.78. The third-order valence-corrected chi connectivity index (χ3v) is 6.12. The van der Waals surface area contributed by atoms with E-state index >= 15 is 0 Å². The van der Waals surface area contributed by atoms with Crippen molar-refractivity contribution in [2.24, 2.45) is 0 Å². The summed E-state index contributed by atoms with van der Waals surface area (Å²) in [6.45, 7) is 1.83. The van der Waals surface area contributed by atoms with Gasteiger partial charge in [-0.25, -0.2) is 0 Å². The van der Waals surface area contributed by atoms with Crippen LogP contribution in [-0.2, 0) is 10.9 Å². The van der Waals surface area contributed by atoms with Crippen molar-refractivity contribution in [3.63, 3.8) is 0 Å². The number of benzene rings is 2. The minimum atomic E-state index is -10.7. The summed E-state index contributed by atoms with van der Waals surface area (Å²) in [6, 6.07) is 19.2. The number of nitriles is 2. The van der Waals surface area contributed by atoms with Gasteiger partial charge in [-0.2, -0.15) is 10.5 Å². The molecule has 2 rings (SSSR count). The average molecular weight is 505 g/mol. The maximum atomic E-state index is 9.87. The van der Waals surface area contributed by atoms with E-state index in [9.17, 15) is 25.2 Å². The molecule has 0 radical (unpaired) electrons. The van der Waals surface area contributed by atoms with Gasteiger partial charge in [-0.05, 0) is 55.5 Å². The molecule has 0 aliphatic heterocycles. The van der Waals surface area contributed by atoms with Gasteiger partial charge in [-0.15, -0.1) is 0 Å². The Hall–Kier alpha value is -1.90. The SMILES string of the molecule is CC(C[S+](c1ccc(Cl)cc1)c1ccc(Cl)cc1)=C(C#N)C#N.F[P-](F)(F)(F)(F)F. The van der Waals surface area contributed by atoms with Gasteiger partial charge < -0.3 is 0 Å². The van der Waals surface area contributed by atoms with E-state index in [2.05, 4.69) is 0 Å². The normalized spacial score (nSPS) is 13.1. The minimum absolute atomic E-state index is 0.172. The number of halogens is 8. The van der Waals surface area contributed by atoms with Gasteiger partial charge in [0.2, 0.25) is 0 Å². The Kier molecular flexibility index (Phi) is 7.91. The summed E-state index contributed by atoms with van der Waals surface area (Å²) in [7, 11) is -11.0. The Morgan fingerprint density at radius 2 is 1.10 bits per heavy atom. The molecular formula is C18H13Cl2F6N2PS. The van der Waals surface area contributed by atoms with Gasteiger partial charge in [0.15, 0.2) is 9.79 Å². The molecule has 2 nitrogen and oxygen atoms in total. The summed E-state index contributed by atoms with van der Waals surface area (Å²) < 4.78 is 59.2. The molecule has 0 aliphatic carbocycles. The van der Waals surface area contributed by atoms with Crippen LogP contribution in [0.4, 0.5) is 25.2 Å². The number of rotatable bonds is 4. The fourth-order valence-corrected chi connectivity index (χ4v) is 4.37. The van der Waals surface area contributed by atoms with Crippen molar-refractivity contribution in [3.8, 4) is 12.1 Å². The number of nitrogens with zero attached hydrogens (tertiary/aromatic N) is 2. The molecule has 2 aromatic rings. The quantitative estimate of drug-likeness (QED) is 0.181. The Morgan fingerprint density at radius 3 is 1.37 bits per heavy atom. The van der Waals surface area contributed by atoms with Gasteiger partial charge in [0.1, 0.15) is 23.5 Å². The average Bonchev–Trinajstić information content (AvgIpc) is 2.60. The Bertz CT molecular complexity index is 936. The molecular weight excluding hydrogens is 492 g/mol. The molecule has 0 aliphatic rings. The molecule has 0 unspecified atom stereocenters. The third-order valence-electron chi connectivity index (χ3n) is 3.21. The first kappa shape index (κ1) is 26.1. The van der Waals surface area contributed by atoms with Crippen LogP contribution in [0.25, 0.3) is 0 Å². The van der Waals surface area contributed by atoms with E-state index in [4.69, 9.17) is 33.7 Å². The van der Waals surface area contributed by atoms with Crippen LogP contribution in [0.2, 0.25) is 10.0 Å². The standard InChI is InChI=1S/C18H13Cl2N2S.F6P/c1-13(14(10-21)11-22)12-23(17-6-2-15(19)3-7-17)18-8-4-16(20)5-9-18;1-7(2,3,4,5)6/h2-9H,12H2,1H3;/q+1;-1. The van der Waals surface area contributed by atoms with Crippen molar-refractivity contribution in [2.75, 3.05) is 5.75 Å². The third kappa shape index (κ3) is 11.3. The second-order valence-electron chi connectivity index (χ2n) is 5.78. The van der Waals surface area contributed by atoms with Crippen LogP contribution >= 0.6 is 31.0 Å². The fraction of sp³-hybridized carbons (Fsp3) is 0.111. The van der Waals surface area contributed by atoms with Crippen molar-refractivity contribution in [1.82, 2.24) is 0 Å². The Balaban J connectivity index is 0.000000553. The van der Waals surface area contributed by atoms with E-state index in [1.807, 2.05) is 67.6 Å². The zero-order valence-corrected chi connectivity index (χ0v) is 18.3. The van der Waals surface area contributed by atoms with Gasteiger partial charge in [0, 0.05) is 15.6 Å². The summed E-state index contributed by atoms with van der Waals surface area (Å²) in [4.78, 5) is 2.21. The second-order valence-corrected chi connectivity index (χ2v) is 10.6. The molecule has 30 heavy (non-hydrogen) atoms.